The predicted molar refractivity (Wildman–Crippen MR) is 136 cm³/mol. The van der Waals surface area contributed by atoms with Crippen molar-refractivity contribution in [2.75, 3.05) is 12.4 Å². The quantitative estimate of drug-likeness (QED) is 0.169. The molecule has 0 bridgehead atoms. The molecule has 0 saturated carbocycles. The van der Waals surface area contributed by atoms with Gasteiger partial charge in [0.1, 0.15) is 0 Å². The lowest BCUT2D eigenvalue weighted by Gasteiger charge is -2.39. The molecular formula is C23H48O3SSi2. The fourth-order valence-electron chi connectivity index (χ4n) is 2.34. The molecule has 1 atom stereocenters. The molecule has 0 aromatic carbocycles. The van der Waals surface area contributed by atoms with E-state index in [-0.39, 0.29) is 21.3 Å². The molecule has 0 amide bonds. The van der Waals surface area contributed by atoms with Gasteiger partial charge in [-0.3, -0.25) is 4.79 Å². The van der Waals surface area contributed by atoms with Gasteiger partial charge >= 0.3 is 0 Å². The van der Waals surface area contributed by atoms with Crippen LogP contribution in [0.25, 0.3) is 0 Å². The van der Waals surface area contributed by atoms with Crippen molar-refractivity contribution in [1.29, 1.82) is 0 Å². The van der Waals surface area contributed by atoms with Crippen molar-refractivity contribution in [2.24, 2.45) is 0 Å². The van der Waals surface area contributed by atoms with Crippen molar-refractivity contribution in [3.8, 4) is 0 Å². The highest BCUT2D eigenvalue weighted by Crippen LogP contribution is 2.38. The van der Waals surface area contributed by atoms with Crippen LogP contribution >= 0.6 is 11.8 Å². The average Bonchev–Trinajstić information content (AvgIpc) is 2.51. The number of hydrogen-bond donors (Lipinski definition) is 0. The molecule has 0 aromatic heterocycles. The molecule has 0 saturated heterocycles. The third kappa shape index (κ3) is 11.3. The molecule has 0 heterocycles. The Balaban J connectivity index is 4.76. The normalized spacial score (nSPS) is 15.1. The Bertz CT molecular complexity index is 517. The first-order chi connectivity index (χ1) is 13.0. The van der Waals surface area contributed by atoms with Crippen LogP contribution in [0.4, 0.5) is 0 Å². The predicted octanol–water partition coefficient (Wildman–Crippen LogP) is 7.79. The number of carbonyl (C=O) groups excluding carboxylic acids is 1. The van der Waals surface area contributed by atoms with Crippen LogP contribution in [0.1, 0.15) is 74.1 Å². The van der Waals surface area contributed by atoms with E-state index in [0.29, 0.717) is 0 Å². The summed E-state index contributed by atoms with van der Waals surface area (Å²) < 4.78 is 13.0. The van der Waals surface area contributed by atoms with Crippen LogP contribution in [-0.4, -0.2) is 40.2 Å². The monoisotopic (exact) mass is 460 g/mol. The van der Waals surface area contributed by atoms with Crippen molar-refractivity contribution < 1.29 is 13.6 Å². The molecule has 0 aromatic rings. The lowest BCUT2D eigenvalue weighted by molar-refractivity contribution is -0.107. The SMILES string of the molecule is CCSC(=O)/C=C/C[C@@H](CCCCO[Si](C)(C)C(C)(C)C)O[Si](C)(C)C(C)(C)C. The molecule has 0 spiro atoms. The molecule has 6 heteroatoms. The highest BCUT2D eigenvalue weighted by atomic mass is 32.2. The molecule has 0 radical (unpaired) electrons. The van der Waals surface area contributed by atoms with E-state index in [1.54, 1.807) is 6.08 Å². The summed E-state index contributed by atoms with van der Waals surface area (Å²) in [6, 6.07) is 0. The van der Waals surface area contributed by atoms with Gasteiger partial charge in [-0.25, -0.2) is 0 Å². The highest BCUT2D eigenvalue weighted by Gasteiger charge is 2.39. The van der Waals surface area contributed by atoms with Gasteiger partial charge in [-0.1, -0.05) is 66.3 Å². The van der Waals surface area contributed by atoms with Crippen LogP contribution in [0.3, 0.4) is 0 Å². The summed E-state index contributed by atoms with van der Waals surface area (Å²) in [6.45, 7) is 25.8. The molecule has 0 unspecified atom stereocenters. The van der Waals surface area contributed by atoms with E-state index in [9.17, 15) is 4.79 Å². The van der Waals surface area contributed by atoms with Gasteiger partial charge < -0.3 is 8.85 Å². The molecule has 29 heavy (non-hydrogen) atoms. The molecule has 0 fully saturated rings. The summed E-state index contributed by atoms with van der Waals surface area (Å²) in [5.41, 5.74) is 0. The van der Waals surface area contributed by atoms with Crippen LogP contribution in [-0.2, 0) is 13.6 Å². The fourth-order valence-corrected chi connectivity index (χ4v) is 5.31. The van der Waals surface area contributed by atoms with E-state index >= 15 is 0 Å². The van der Waals surface area contributed by atoms with Crippen LogP contribution in [0.2, 0.25) is 36.3 Å². The van der Waals surface area contributed by atoms with E-state index in [1.165, 1.54) is 11.8 Å². The zero-order valence-corrected chi connectivity index (χ0v) is 23.9. The summed E-state index contributed by atoms with van der Waals surface area (Å²) in [5, 5.41) is 0.588. The van der Waals surface area contributed by atoms with Crippen molar-refractivity contribution in [1.82, 2.24) is 0 Å². The maximum atomic E-state index is 11.8. The second kappa shape index (κ2) is 12.2. The minimum Gasteiger partial charge on any atom is -0.417 e. The number of carbonyl (C=O) groups is 1. The number of thioether (sulfide) groups is 1. The lowest BCUT2D eigenvalue weighted by atomic mass is 10.1. The van der Waals surface area contributed by atoms with Gasteiger partial charge in [0.15, 0.2) is 16.6 Å². The van der Waals surface area contributed by atoms with Crippen molar-refractivity contribution >= 4 is 33.5 Å². The smallest absolute Gasteiger partial charge is 0.211 e. The molecule has 172 valence electrons. The van der Waals surface area contributed by atoms with E-state index in [0.717, 1.165) is 38.0 Å². The average molecular weight is 461 g/mol. The van der Waals surface area contributed by atoms with Gasteiger partial charge in [0.2, 0.25) is 5.12 Å². The van der Waals surface area contributed by atoms with Gasteiger partial charge in [-0.15, -0.1) is 0 Å². The minimum atomic E-state index is -1.83. The molecule has 0 N–H and O–H groups in total. The topological polar surface area (TPSA) is 35.5 Å². The molecular weight excluding hydrogens is 412 g/mol. The van der Waals surface area contributed by atoms with Crippen molar-refractivity contribution in [3.05, 3.63) is 12.2 Å². The van der Waals surface area contributed by atoms with Crippen molar-refractivity contribution in [3.63, 3.8) is 0 Å². The Morgan fingerprint density at radius 3 is 2.00 bits per heavy atom. The maximum absolute atomic E-state index is 11.8. The van der Waals surface area contributed by atoms with Gasteiger partial charge in [-0.2, -0.15) is 0 Å². The van der Waals surface area contributed by atoms with E-state index < -0.39 is 16.6 Å². The van der Waals surface area contributed by atoms with E-state index in [1.807, 2.05) is 13.0 Å². The van der Waals surface area contributed by atoms with Crippen molar-refractivity contribution in [2.45, 2.75) is 117 Å². The molecule has 3 nitrogen and oxygen atoms in total. The summed E-state index contributed by atoms with van der Waals surface area (Å²) in [4.78, 5) is 11.8. The molecule has 0 aliphatic heterocycles. The summed E-state index contributed by atoms with van der Waals surface area (Å²) in [6.07, 6.45) is 7.90. The van der Waals surface area contributed by atoms with Gasteiger partial charge in [0.25, 0.3) is 0 Å². The maximum Gasteiger partial charge on any atom is 0.211 e. The highest BCUT2D eigenvalue weighted by molar-refractivity contribution is 8.14. The van der Waals surface area contributed by atoms with E-state index in [2.05, 4.69) is 67.7 Å². The summed E-state index contributed by atoms with van der Waals surface area (Å²) in [5.74, 6) is 0.821. The molecule has 0 aliphatic carbocycles. The second-order valence-corrected chi connectivity index (χ2v) is 21.8. The Labute approximate surface area is 188 Å². The first kappa shape index (κ1) is 29.1. The third-order valence-electron chi connectivity index (χ3n) is 6.40. The van der Waals surface area contributed by atoms with Gasteiger partial charge in [0.05, 0.1) is 0 Å². The second-order valence-electron chi connectivity index (χ2n) is 11.0. The summed E-state index contributed by atoms with van der Waals surface area (Å²) in [7, 11) is -3.49. The van der Waals surface area contributed by atoms with Gasteiger partial charge in [0, 0.05) is 12.7 Å². The van der Waals surface area contributed by atoms with Crippen LogP contribution in [0.5, 0.6) is 0 Å². The fraction of sp³-hybridized carbons (Fsp3) is 0.870. The zero-order chi connectivity index (χ0) is 22.9. The Kier molecular flexibility index (Phi) is 12.3. The first-order valence-electron chi connectivity index (χ1n) is 11.2. The Hall–Kier alpha value is 0.114. The summed E-state index contributed by atoms with van der Waals surface area (Å²) >= 11 is 1.36. The first-order valence-corrected chi connectivity index (χ1v) is 18.0. The lowest BCUT2D eigenvalue weighted by Crippen LogP contribution is -2.44. The van der Waals surface area contributed by atoms with Crippen LogP contribution in [0, 0.1) is 0 Å². The number of unbranched alkanes of at least 4 members (excludes halogenated alkanes) is 1. The largest absolute Gasteiger partial charge is 0.417 e. The van der Waals surface area contributed by atoms with Gasteiger partial charge in [-0.05, 0) is 73.8 Å². The Morgan fingerprint density at radius 2 is 1.52 bits per heavy atom. The zero-order valence-electron chi connectivity index (χ0n) is 21.1. The number of hydrogen-bond acceptors (Lipinski definition) is 4. The molecule has 0 rings (SSSR count). The number of rotatable bonds is 12. The Morgan fingerprint density at radius 1 is 0.966 bits per heavy atom. The minimum absolute atomic E-state index is 0.140. The molecule has 0 aliphatic rings. The standard InChI is InChI=1S/C23H48O3SSi2/c1-12-27-21(24)18-15-17-20(26-29(10,11)23(5,6)7)16-13-14-19-25-28(8,9)22(2,3)4/h15,18,20H,12-14,16-17,19H2,1-11H3/b18-15+/t20-/m1/s1. The van der Waals surface area contributed by atoms with Crippen LogP contribution < -0.4 is 0 Å². The van der Waals surface area contributed by atoms with Crippen LogP contribution in [0.15, 0.2) is 12.2 Å². The third-order valence-corrected chi connectivity index (χ3v) is 16.2. The van der Waals surface area contributed by atoms with E-state index in [4.69, 9.17) is 8.85 Å².